The molecule has 2 aliphatic heterocycles. The Bertz CT molecular complexity index is 881. The number of likely N-dealkylation sites (tertiary alicyclic amines) is 1. The molecule has 0 unspecified atom stereocenters. The summed E-state index contributed by atoms with van der Waals surface area (Å²) in [4.78, 5) is 18.4. The molecular weight excluding hydrogens is 401 g/mol. The Hall–Kier alpha value is -2.44. The first-order valence-corrected chi connectivity index (χ1v) is 9.96. The van der Waals surface area contributed by atoms with Crippen LogP contribution in [0.15, 0.2) is 34.2 Å². The first-order chi connectivity index (χ1) is 13.8. The number of nitrogen functional groups attached to an aromatic ring is 1. The van der Waals surface area contributed by atoms with Gasteiger partial charge in [-0.25, -0.2) is 0 Å². The molecule has 1 fully saturated rings. The van der Waals surface area contributed by atoms with Crippen molar-refractivity contribution in [2.45, 2.75) is 25.6 Å². The number of hydrogen-bond acceptors (Lipinski definition) is 5. The van der Waals surface area contributed by atoms with E-state index < -0.39 is 11.7 Å². The third kappa shape index (κ3) is 5.55. The van der Waals surface area contributed by atoms with Crippen LogP contribution in [-0.2, 0) is 12.7 Å². The zero-order valence-electron chi connectivity index (χ0n) is 15.6. The van der Waals surface area contributed by atoms with Crippen LogP contribution in [0.1, 0.15) is 24.0 Å². The molecule has 0 aliphatic carbocycles. The molecule has 9 heteroatoms. The summed E-state index contributed by atoms with van der Waals surface area (Å²) in [6, 6.07) is 4.08. The number of hydrogen-bond donors (Lipinski definition) is 2. The van der Waals surface area contributed by atoms with Gasteiger partial charge in [-0.05, 0) is 61.3 Å². The fraction of sp³-hybridized carbons (Fsp3) is 0.400. The third-order valence-corrected chi connectivity index (χ3v) is 5.66. The number of allylic oxidation sites excluding steroid dienone is 1. The van der Waals surface area contributed by atoms with Crippen molar-refractivity contribution >= 4 is 28.5 Å². The highest BCUT2D eigenvalue weighted by atomic mass is 32.2. The van der Waals surface area contributed by atoms with E-state index in [0.717, 1.165) is 48.7 Å². The number of carbonyl (C=O) groups is 1. The Morgan fingerprint density at radius 2 is 2.10 bits per heavy atom. The molecule has 1 aromatic rings. The number of terminal acetylenes is 1. The quantitative estimate of drug-likeness (QED) is 0.569. The number of carbonyl (C=O) groups excluding carboxylic acids is 1. The lowest BCUT2D eigenvalue weighted by Gasteiger charge is -2.31. The van der Waals surface area contributed by atoms with Crippen LogP contribution in [-0.4, -0.2) is 35.6 Å². The summed E-state index contributed by atoms with van der Waals surface area (Å²) in [5, 5.41) is 2.69. The van der Waals surface area contributed by atoms with Gasteiger partial charge in [-0.15, -0.1) is 6.42 Å². The van der Waals surface area contributed by atoms with Crippen molar-refractivity contribution in [1.82, 2.24) is 10.2 Å². The largest absolute Gasteiger partial charge is 0.418 e. The molecule has 1 amide bonds. The van der Waals surface area contributed by atoms with Crippen molar-refractivity contribution < 1.29 is 18.0 Å². The van der Waals surface area contributed by atoms with Gasteiger partial charge < -0.3 is 11.1 Å². The van der Waals surface area contributed by atoms with Crippen LogP contribution in [0.4, 0.5) is 23.7 Å². The van der Waals surface area contributed by atoms with E-state index in [-0.39, 0.29) is 16.8 Å². The fourth-order valence-electron chi connectivity index (χ4n) is 3.38. The monoisotopic (exact) mass is 422 g/mol. The van der Waals surface area contributed by atoms with Crippen molar-refractivity contribution in [3.8, 4) is 12.3 Å². The van der Waals surface area contributed by atoms with Gasteiger partial charge in [-0.3, -0.25) is 9.69 Å². The number of thioether (sulfide) groups is 1. The van der Waals surface area contributed by atoms with Crippen molar-refractivity contribution in [3.05, 3.63) is 40.3 Å². The fourth-order valence-corrected chi connectivity index (χ4v) is 4.18. The van der Waals surface area contributed by atoms with Gasteiger partial charge in [0.2, 0.25) is 0 Å². The van der Waals surface area contributed by atoms with E-state index in [1.165, 1.54) is 6.07 Å². The summed E-state index contributed by atoms with van der Waals surface area (Å²) < 4.78 is 39.1. The Kier molecular flexibility index (Phi) is 6.55. The summed E-state index contributed by atoms with van der Waals surface area (Å²) in [6.07, 6.45) is 4.52. The molecule has 2 aliphatic rings. The van der Waals surface area contributed by atoms with Crippen LogP contribution in [0.3, 0.4) is 0 Å². The Morgan fingerprint density at radius 1 is 1.38 bits per heavy atom. The van der Waals surface area contributed by atoms with Crippen molar-refractivity contribution in [2.24, 2.45) is 10.9 Å². The van der Waals surface area contributed by atoms with E-state index in [1.807, 2.05) is 6.08 Å². The standard InChI is InChI=1S/C20H21F3N4OS/c1-2-7-25-18-17(29-19(28)26-18)11-13-5-8-27(9-6-13)12-14-3-4-16(24)15(10-14)20(21,22)23/h1,3-4,10-11,13H,5-9,12,24H2,(H,25,26,28)/b17-11-. The molecule has 0 atom stereocenters. The van der Waals surface area contributed by atoms with Crippen LogP contribution in [0.5, 0.6) is 0 Å². The number of rotatable bonds is 4. The summed E-state index contributed by atoms with van der Waals surface area (Å²) in [5.41, 5.74) is 5.01. The minimum Gasteiger partial charge on any atom is -0.398 e. The SMILES string of the molecule is C#CCNC1=NC(=O)S/C1=C\C1CCN(Cc2ccc(N)c(C(F)(F)F)c2)CC1. The number of nitrogens with one attached hydrogen (secondary N) is 1. The maximum atomic E-state index is 13.0. The number of benzene rings is 1. The van der Waals surface area contributed by atoms with Crippen molar-refractivity contribution in [2.75, 3.05) is 25.4 Å². The van der Waals surface area contributed by atoms with Crippen LogP contribution < -0.4 is 11.1 Å². The molecule has 5 nitrogen and oxygen atoms in total. The number of aliphatic imine (C=N–C) groups is 1. The van der Waals surface area contributed by atoms with Crippen LogP contribution in [0, 0.1) is 18.3 Å². The molecule has 1 aromatic carbocycles. The minimum absolute atomic E-state index is 0.258. The number of amidine groups is 1. The molecule has 0 bridgehead atoms. The molecule has 154 valence electrons. The molecule has 1 saturated heterocycles. The van der Waals surface area contributed by atoms with Gasteiger partial charge in [0.05, 0.1) is 17.0 Å². The van der Waals surface area contributed by atoms with Crippen molar-refractivity contribution in [3.63, 3.8) is 0 Å². The van der Waals surface area contributed by atoms with Gasteiger partial charge in [-0.1, -0.05) is 18.1 Å². The predicted molar refractivity (Wildman–Crippen MR) is 109 cm³/mol. The van der Waals surface area contributed by atoms with Gasteiger partial charge in [0, 0.05) is 12.2 Å². The number of amides is 1. The van der Waals surface area contributed by atoms with E-state index >= 15 is 0 Å². The van der Waals surface area contributed by atoms with Crippen molar-refractivity contribution in [1.29, 1.82) is 0 Å². The molecule has 0 spiro atoms. The highest BCUT2D eigenvalue weighted by Crippen LogP contribution is 2.35. The first-order valence-electron chi connectivity index (χ1n) is 9.14. The molecule has 2 heterocycles. The smallest absolute Gasteiger partial charge is 0.398 e. The van der Waals surface area contributed by atoms with E-state index in [0.29, 0.717) is 24.5 Å². The number of nitrogens with two attached hydrogens (primary N) is 1. The second-order valence-corrected chi connectivity index (χ2v) is 7.94. The second-order valence-electron chi connectivity index (χ2n) is 6.95. The molecule has 3 N–H and O–H groups in total. The van der Waals surface area contributed by atoms with E-state index in [2.05, 4.69) is 21.1 Å². The maximum Gasteiger partial charge on any atom is 0.418 e. The topological polar surface area (TPSA) is 70.7 Å². The second kappa shape index (κ2) is 8.93. The molecule has 0 aromatic heterocycles. The van der Waals surface area contributed by atoms with Crippen LogP contribution in [0.25, 0.3) is 0 Å². The summed E-state index contributed by atoms with van der Waals surface area (Å²) in [5.74, 6) is 3.24. The zero-order chi connectivity index (χ0) is 21.0. The molecule has 3 rings (SSSR count). The molecular formula is C20H21F3N4OS. The minimum atomic E-state index is -4.46. The average molecular weight is 422 g/mol. The highest BCUT2D eigenvalue weighted by molar-refractivity contribution is 8.18. The molecule has 0 saturated carbocycles. The van der Waals surface area contributed by atoms with E-state index in [4.69, 9.17) is 12.2 Å². The Labute approximate surface area is 171 Å². The average Bonchev–Trinajstić information content (AvgIpc) is 3.01. The van der Waals surface area contributed by atoms with Gasteiger partial charge >= 0.3 is 11.4 Å². The number of anilines is 1. The molecule has 0 radical (unpaired) electrons. The lowest BCUT2D eigenvalue weighted by molar-refractivity contribution is -0.137. The normalized spacial score (nSPS) is 20.0. The number of piperidine rings is 1. The lowest BCUT2D eigenvalue weighted by atomic mass is 9.95. The highest BCUT2D eigenvalue weighted by Gasteiger charge is 2.33. The third-order valence-electron chi connectivity index (χ3n) is 4.84. The van der Waals surface area contributed by atoms with Crippen LogP contribution in [0.2, 0.25) is 0 Å². The molecule has 29 heavy (non-hydrogen) atoms. The summed E-state index contributed by atoms with van der Waals surface area (Å²) in [6.45, 7) is 2.24. The Morgan fingerprint density at radius 3 is 2.76 bits per heavy atom. The Balaban J connectivity index is 1.58. The van der Waals surface area contributed by atoms with Gasteiger partial charge in [0.1, 0.15) is 5.84 Å². The van der Waals surface area contributed by atoms with E-state index in [1.54, 1.807) is 6.07 Å². The van der Waals surface area contributed by atoms with Gasteiger partial charge in [0.15, 0.2) is 0 Å². The lowest BCUT2D eigenvalue weighted by Crippen LogP contribution is -2.33. The summed E-state index contributed by atoms with van der Waals surface area (Å²) >= 11 is 1.08. The van der Waals surface area contributed by atoms with E-state index in [9.17, 15) is 18.0 Å². The maximum absolute atomic E-state index is 13.0. The number of halogens is 3. The number of alkyl halides is 3. The van der Waals surface area contributed by atoms with Gasteiger partial charge in [0.25, 0.3) is 0 Å². The number of nitrogens with zero attached hydrogens (tertiary/aromatic N) is 2. The zero-order valence-corrected chi connectivity index (χ0v) is 16.4. The van der Waals surface area contributed by atoms with Crippen LogP contribution >= 0.6 is 11.8 Å². The predicted octanol–water partition coefficient (Wildman–Crippen LogP) is 3.87. The van der Waals surface area contributed by atoms with Gasteiger partial charge in [-0.2, -0.15) is 18.2 Å². The summed E-state index contributed by atoms with van der Waals surface area (Å²) in [7, 11) is 0. The first kappa shape index (κ1) is 21.3.